The Hall–Kier alpha value is -3.57. The van der Waals surface area contributed by atoms with Crippen LogP contribution in [0.15, 0.2) is 47.5 Å². The number of hydrogen-bond donors (Lipinski definition) is 1. The Morgan fingerprint density at radius 2 is 1.86 bits per heavy atom. The van der Waals surface area contributed by atoms with E-state index in [1.54, 1.807) is 24.1 Å². The Balaban J connectivity index is 1.76. The van der Waals surface area contributed by atoms with Crippen molar-refractivity contribution in [2.45, 2.75) is 32.2 Å². The molecule has 35 heavy (non-hydrogen) atoms. The third-order valence-corrected chi connectivity index (χ3v) is 6.97. The van der Waals surface area contributed by atoms with Crippen LogP contribution >= 0.6 is 0 Å². The highest BCUT2D eigenvalue weighted by Crippen LogP contribution is 2.36. The predicted octanol–water partition coefficient (Wildman–Crippen LogP) is 3.76. The van der Waals surface area contributed by atoms with E-state index in [-0.39, 0.29) is 17.8 Å². The molecule has 4 rings (SSSR count). The lowest BCUT2D eigenvalue weighted by Gasteiger charge is -2.38. The van der Waals surface area contributed by atoms with Gasteiger partial charge in [0.25, 0.3) is 0 Å². The summed E-state index contributed by atoms with van der Waals surface area (Å²) in [7, 11) is 1.59. The average molecular weight is 476 g/mol. The topological polar surface area (TPSA) is 92.4 Å². The molecule has 2 aliphatic heterocycles. The van der Waals surface area contributed by atoms with E-state index < -0.39 is 5.41 Å². The lowest BCUT2D eigenvalue weighted by atomic mass is 9.85. The molecule has 0 spiro atoms. The molecule has 2 amide bonds. The largest absolute Gasteiger partial charge is 0.508 e. The molecule has 2 aromatic rings. The van der Waals surface area contributed by atoms with Crippen LogP contribution in [0, 0.1) is 11.3 Å². The van der Waals surface area contributed by atoms with Gasteiger partial charge < -0.3 is 19.6 Å². The first-order chi connectivity index (χ1) is 16.8. The van der Waals surface area contributed by atoms with Crippen molar-refractivity contribution in [1.29, 1.82) is 5.26 Å². The van der Waals surface area contributed by atoms with E-state index in [0.717, 1.165) is 30.8 Å². The van der Waals surface area contributed by atoms with Crippen LogP contribution in [0.1, 0.15) is 43.5 Å². The maximum absolute atomic E-state index is 14.0. The molecule has 1 fully saturated rings. The number of phenolic OH excluding ortho intramolecular Hbond substituents is 1. The van der Waals surface area contributed by atoms with Crippen molar-refractivity contribution in [2.75, 3.05) is 46.4 Å². The number of benzene rings is 2. The monoisotopic (exact) mass is 475 g/mol. The van der Waals surface area contributed by atoms with E-state index >= 15 is 0 Å². The highest BCUT2D eigenvalue weighted by atomic mass is 16.5. The van der Waals surface area contributed by atoms with Gasteiger partial charge in [-0.05, 0) is 55.8 Å². The van der Waals surface area contributed by atoms with Gasteiger partial charge in [-0.1, -0.05) is 25.1 Å². The van der Waals surface area contributed by atoms with E-state index in [9.17, 15) is 15.2 Å². The van der Waals surface area contributed by atoms with Gasteiger partial charge in [-0.25, -0.2) is 4.79 Å². The number of amidine groups is 1. The minimum atomic E-state index is -0.706. The van der Waals surface area contributed by atoms with Crippen molar-refractivity contribution in [2.24, 2.45) is 4.99 Å². The second kappa shape index (κ2) is 9.96. The van der Waals surface area contributed by atoms with Gasteiger partial charge in [0.05, 0.1) is 36.7 Å². The van der Waals surface area contributed by atoms with Crippen molar-refractivity contribution in [3.63, 3.8) is 0 Å². The number of carbonyl (C=O) groups excluding carboxylic acids is 1. The van der Waals surface area contributed by atoms with Crippen molar-refractivity contribution >= 4 is 11.9 Å². The van der Waals surface area contributed by atoms with Gasteiger partial charge >= 0.3 is 6.03 Å². The van der Waals surface area contributed by atoms with Gasteiger partial charge in [0.15, 0.2) is 0 Å². The number of carbonyl (C=O) groups is 1. The number of methoxy groups -OCH3 is 1. The fraction of sp³-hybridized carbons (Fsp3) is 0.444. The van der Waals surface area contributed by atoms with Crippen LogP contribution < -0.4 is 4.74 Å². The van der Waals surface area contributed by atoms with Crippen LogP contribution in [0.3, 0.4) is 0 Å². The number of urea groups is 1. The maximum Gasteiger partial charge on any atom is 0.326 e. The molecule has 0 radical (unpaired) electrons. The van der Waals surface area contributed by atoms with Crippen LogP contribution in [-0.2, 0) is 5.41 Å². The molecule has 0 aliphatic carbocycles. The summed E-state index contributed by atoms with van der Waals surface area (Å²) in [5, 5.41) is 19.5. The van der Waals surface area contributed by atoms with Crippen LogP contribution in [0.25, 0.3) is 0 Å². The molecule has 0 saturated carbocycles. The molecule has 2 aliphatic rings. The van der Waals surface area contributed by atoms with Crippen molar-refractivity contribution < 1.29 is 14.6 Å². The summed E-state index contributed by atoms with van der Waals surface area (Å²) in [5.41, 5.74) is 1.71. The van der Waals surface area contributed by atoms with E-state index in [1.807, 2.05) is 49.1 Å². The van der Waals surface area contributed by atoms with Gasteiger partial charge in [-0.15, -0.1) is 0 Å². The zero-order chi connectivity index (χ0) is 25.2. The van der Waals surface area contributed by atoms with E-state index in [0.29, 0.717) is 36.8 Å². The molecular formula is C27H33N5O3. The third-order valence-electron chi connectivity index (χ3n) is 6.97. The number of nitrogens with zero attached hydrogens (tertiary/aromatic N) is 5. The Morgan fingerprint density at radius 1 is 1.17 bits per heavy atom. The zero-order valence-electron chi connectivity index (χ0n) is 20.9. The summed E-state index contributed by atoms with van der Waals surface area (Å²) >= 11 is 0. The lowest BCUT2D eigenvalue weighted by Crippen LogP contribution is -2.54. The molecule has 8 heteroatoms. The minimum Gasteiger partial charge on any atom is -0.508 e. The molecule has 2 aromatic carbocycles. The summed E-state index contributed by atoms with van der Waals surface area (Å²) in [6.45, 7) is 10.2. The molecule has 1 N–H and O–H groups in total. The van der Waals surface area contributed by atoms with Crippen LogP contribution in [0.4, 0.5) is 4.79 Å². The number of rotatable bonds is 5. The molecule has 0 aromatic heterocycles. The van der Waals surface area contributed by atoms with Crippen LogP contribution in [0.5, 0.6) is 11.5 Å². The van der Waals surface area contributed by atoms with E-state index in [2.05, 4.69) is 17.9 Å². The molecule has 2 heterocycles. The number of likely N-dealkylation sites (N-methyl/N-ethyl adjacent to an activating group) is 1. The van der Waals surface area contributed by atoms with E-state index in [4.69, 9.17) is 9.73 Å². The summed E-state index contributed by atoms with van der Waals surface area (Å²) in [6, 6.07) is 14.5. The Labute approximate surface area is 207 Å². The molecule has 0 bridgehead atoms. The van der Waals surface area contributed by atoms with Crippen molar-refractivity contribution in [1.82, 2.24) is 14.7 Å². The lowest BCUT2D eigenvalue weighted by molar-refractivity contribution is 0.124. The predicted molar refractivity (Wildman–Crippen MR) is 135 cm³/mol. The highest BCUT2D eigenvalue weighted by molar-refractivity contribution is 6.10. The van der Waals surface area contributed by atoms with Gasteiger partial charge in [0, 0.05) is 26.2 Å². The van der Waals surface area contributed by atoms with Crippen LogP contribution in [-0.4, -0.2) is 78.1 Å². The second-order valence-electron chi connectivity index (χ2n) is 9.50. The smallest absolute Gasteiger partial charge is 0.326 e. The number of phenols is 1. The molecule has 1 saturated heterocycles. The minimum absolute atomic E-state index is 0.0953. The van der Waals surface area contributed by atoms with Crippen molar-refractivity contribution in [3.8, 4) is 17.6 Å². The average Bonchev–Trinajstić information content (AvgIpc) is 3.33. The Morgan fingerprint density at radius 3 is 2.46 bits per heavy atom. The molecule has 8 nitrogen and oxygen atoms in total. The van der Waals surface area contributed by atoms with Crippen LogP contribution in [0.2, 0.25) is 0 Å². The summed E-state index contributed by atoms with van der Waals surface area (Å²) in [6.07, 6.45) is 0. The standard InChI is InChI=1S/C27H33N5O3/c1-5-30-12-14-31(15-13-30)26(34)32-23(19-6-9-21(33)10-7-19)17-29-25(32)22-16-20(27(2,3)18-28)8-11-24(22)35-4/h6-11,16,23,33H,5,12-15,17H2,1-4H3/t23-/m0/s1. The first kappa shape index (κ1) is 24.6. The number of hydrogen-bond acceptors (Lipinski definition) is 6. The Kier molecular flexibility index (Phi) is 6.99. The number of aliphatic imine (C=N–C) groups is 1. The fourth-order valence-corrected chi connectivity index (χ4v) is 4.61. The van der Waals surface area contributed by atoms with Gasteiger partial charge in [-0.3, -0.25) is 9.89 Å². The SMILES string of the molecule is CCN1CCN(C(=O)N2C(c3cc(C(C)(C)C#N)ccc3OC)=NC[C@H]2c2ccc(O)cc2)CC1. The molecule has 0 unspecified atom stereocenters. The quantitative estimate of drug-likeness (QED) is 0.711. The number of aromatic hydroxyl groups is 1. The summed E-state index contributed by atoms with van der Waals surface area (Å²) in [5.74, 6) is 1.31. The molecular weight excluding hydrogens is 442 g/mol. The number of amides is 2. The fourth-order valence-electron chi connectivity index (χ4n) is 4.61. The van der Waals surface area contributed by atoms with E-state index in [1.165, 1.54) is 0 Å². The number of piperazine rings is 1. The molecule has 1 atom stereocenters. The third kappa shape index (κ3) is 4.82. The summed E-state index contributed by atoms with van der Waals surface area (Å²) < 4.78 is 5.66. The number of nitriles is 1. The van der Waals surface area contributed by atoms with Gasteiger partial charge in [0.1, 0.15) is 17.3 Å². The first-order valence-electron chi connectivity index (χ1n) is 12.0. The zero-order valence-corrected chi connectivity index (χ0v) is 20.9. The highest BCUT2D eigenvalue weighted by Gasteiger charge is 2.39. The van der Waals surface area contributed by atoms with Gasteiger partial charge in [0.2, 0.25) is 0 Å². The van der Waals surface area contributed by atoms with Gasteiger partial charge in [-0.2, -0.15) is 5.26 Å². The number of ether oxygens (including phenoxy) is 1. The Bertz CT molecular complexity index is 1140. The maximum atomic E-state index is 14.0. The first-order valence-corrected chi connectivity index (χ1v) is 12.0. The second-order valence-corrected chi connectivity index (χ2v) is 9.50. The molecule has 184 valence electrons. The summed E-state index contributed by atoms with van der Waals surface area (Å²) in [4.78, 5) is 24.8. The normalized spacial score (nSPS) is 18.8. The van der Waals surface area contributed by atoms with Crippen molar-refractivity contribution in [3.05, 3.63) is 59.2 Å².